The van der Waals surface area contributed by atoms with Crippen molar-refractivity contribution in [3.8, 4) is 0 Å². The van der Waals surface area contributed by atoms with Crippen LogP contribution in [0.5, 0.6) is 0 Å². The monoisotopic (exact) mass is 526 g/mol. The molecule has 0 amide bonds. The molecule has 0 radical (unpaired) electrons. The van der Waals surface area contributed by atoms with E-state index in [1.807, 2.05) is 0 Å². The van der Waals surface area contributed by atoms with E-state index in [4.69, 9.17) is 0 Å². The second-order valence-electron chi connectivity index (χ2n) is 5.98. The maximum absolute atomic E-state index is 13.5. The van der Waals surface area contributed by atoms with Crippen molar-refractivity contribution in [1.29, 1.82) is 0 Å². The smallest absolute Gasteiger partial charge is 0.389 e. The molecule has 0 N–H and O–H groups in total. The van der Waals surface area contributed by atoms with Crippen LogP contribution in [0.25, 0.3) is 0 Å². The second kappa shape index (κ2) is 7.77. The lowest BCUT2D eigenvalue weighted by molar-refractivity contribution is -0.447. The Hall–Kier alpha value is -2.00. The van der Waals surface area contributed by atoms with Crippen molar-refractivity contribution in [3.05, 3.63) is 0 Å². The van der Waals surface area contributed by atoms with E-state index < -0.39 is 73.1 Å². The van der Waals surface area contributed by atoms with Gasteiger partial charge in [-0.15, -0.1) is 0 Å². The molecule has 33 heavy (non-hydrogen) atoms. The van der Waals surface area contributed by atoms with Gasteiger partial charge in [-0.3, -0.25) is 9.47 Å². The molecule has 0 saturated carbocycles. The fourth-order valence-corrected chi connectivity index (χ4v) is 2.34. The summed E-state index contributed by atoms with van der Waals surface area (Å²) in [5.74, 6) is -17.3. The lowest BCUT2D eigenvalue weighted by Gasteiger charge is -2.31. The minimum absolute atomic E-state index is 2.88. The zero-order chi connectivity index (χ0) is 26.0. The van der Waals surface area contributed by atoms with Gasteiger partial charge in [0.05, 0.1) is 0 Å². The van der Waals surface area contributed by atoms with Gasteiger partial charge in [0.2, 0.25) is 24.9 Å². The van der Waals surface area contributed by atoms with E-state index in [-0.39, 0.29) is 0 Å². The summed E-state index contributed by atoms with van der Waals surface area (Å²) in [6.45, 7) is 0. The second-order valence-corrected chi connectivity index (χ2v) is 5.98. The molecule has 0 spiro atoms. The highest BCUT2D eigenvalue weighted by Crippen LogP contribution is 2.53. The van der Waals surface area contributed by atoms with Gasteiger partial charge in [0.1, 0.15) is 0 Å². The normalized spacial score (nSPS) is 30.4. The van der Waals surface area contributed by atoms with E-state index >= 15 is 0 Å². The molecule has 192 valence electrons. The molecular weight excluding hydrogens is 522 g/mol. The van der Waals surface area contributed by atoms with Gasteiger partial charge in [-0.1, -0.05) is 0 Å². The first-order chi connectivity index (χ1) is 14.5. The quantitative estimate of drug-likeness (QED) is 0.311. The van der Waals surface area contributed by atoms with Crippen molar-refractivity contribution >= 4 is 11.9 Å². The van der Waals surface area contributed by atoms with Gasteiger partial charge in [-0.2, -0.15) is 52.7 Å². The molecule has 0 aromatic heterocycles. The van der Waals surface area contributed by atoms with Crippen LogP contribution in [0.2, 0.25) is 0 Å². The van der Waals surface area contributed by atoms with Crippen molar-refractivity contribution in [2.45, 2.75) is 61.2 Å². The highest BCUT2D eigenvalue weighted by molar-refractivity contribution is 5.90. The Morgan fingerprint density at radius 2 is 0.788 bits per heavy atom. The molecule has 7 nitrogen and oxygen atoms in total. The van der Waals surface area contributed by atoms with Crippen molar-refractivity contribution in [2.75, 3.05) is 0 Å². The average Bonchev–Trinajstić information content (AvgIpc) is 3.12. The molecule has 0 aliphatic carbocycles. The molecule has 4 unspecified atom stereocenters. The summed E-state index contributed by atoms with van der Waals surface area (Å²) >= 11 is 0. The predicted molar refractivity (Wildman–Crippen MR) is 62.5 cm³/mol. The van der Waals surface area contributed by atoms with Crippen LogP contribution >= 0.6 is 0 Å². The van der Waals surface area contributed by atoms with Gasteiger partial charge in [0.15, 0.2) is 0 Å². The average molecular weight is 526 g/mol. The molecule has 0 aromatic rings. The number of esters is 2. The van der Waals surface area contributed by atoms with Crippen LogP contribution in [0.1, 0.15) is 0 Å². The lowest BCUT2D eigenvalue weighted by atomic mass is 10.2. The third-order valence-corrected chi connectivity index (χ3v) is 3.78. The van der Waals surface area contributed by atoms with Crippen LogP contribution in [0, 0.1) is 0 Å². The number of ether oxygens (including phenoxy) is 5. The number of hydrogen-bond donors (Lipinski definition) is 0. The van der Waals surface area contributed by atoms with Crippen LogP contribution in [-0.4, -0.2) is 73.1 Å². The fraction of sp³-hybridized carbons (Fsp3) is 0.833. The summed E-state index contributed by atoms with van der Waals surface area (Å²) in [6, 6.07) is 0. The summed E-state index contributed by atoms with van der Waals surface area (Å²) in [5, 5.41) is 0. The first-order valence-electron chi connectivity index (χ1n) is 7.52. The molecule has 4 atom stereocenters. The van der Waals surface area contributed by atoms with E-state index in [1.165, 1.54) is 0 Å². The molecule has 2 aliphatic heterocycles. The van der Waals surface area contributed by atoms with Crippen LogP contribution in [0.3, 0.4) is 0 Å². The summed E-state index contributed by atoms with van der Waals surface area (Å²) in [5.41, 5.74) is 0. The summed E-state index contributed by atoms with van der Waals surface area (Å²) in [6.07, 6.45) is -41.7. The first kappa shape index (κ1) is 27.2. The van der Waals surface area contributed by atoms with Crippen molar-refractivity contribution in [3.63, 3.8) is 0 Å². The molecule has 0 bridgehead atoms. The SMILES string of the molecule is O=C(OC(=O)C1OC(C(F)(F)F)(C(F)(F)F)OC1F)C1OC(C(F)(F)F)(C(F)(F)F)OC1F. The molecule has 2 aliphatic rings. The van der Waals surface area contributed by atoms with Gasteiger partial charge in [0, 0.05) is 0 Å². The maximum Gasteiger partial charge on any atom is 0.453 e. The van der Waals surface area contributed by atoms with E-state index in [1.54, 1.807) is 0 Å². The van der Waals surface area contributed by atoms with E-state index in [2.05, 4.69) is 23.7 Å². The van der Waals surface area contributed by atoms with Gasteiger partial charge >= 0.3 is 48.2 Å². The van der Waals surface area contributed by atoms with Crippen LogP contribution in [0.4, 0.5) is 61.5 Å². The molecular formula is C12H4F14O7. The highest BCUT2D eigenvalue weighted by atomic mass is 19.4. The molecule has 2 heterocycles. The Morgan fingerprint density at radius 1 is 0.545 bits per heavy atom. The lowest BCUT2D eigenvalue weighted by Crippen LogP contribution is -2.58. The number of hydrogen-bond acceptors (Lipinski definition) is 7. The zero-order valence-corrected chi connectivity index (χ0v) is 14.5. The molecule has 2 rings (SSSR count). The zero-order valence-electron chi connectivity index (χ0n) is 14.5. The van der Waals surface area contributed by atoms with Gasteiger partial charge in [0.25, 0.3) is 0 Å². The summed E-state index contributed by atoms with van der Waals surface area (Å²) in [4.78, 5) is 23.1. The molecule has 2 saturated heterocycles. The van der Waals surface area contributed by atoms with Gasteiger partial charge in [-0.25, -0.2) is 18.4 Å². The maximum atomic E-state index is 13.5. The molecule has 2 fully saturated rings. The van der Waals surface area contributed by atoms with Crippen LogP contribution in [-0.2, 0) is 33.3 Å². The number of rotatable bonds is 2. The number of halogens is 14. The topological polar surface area (TPSA) is 80.3 Å². The van der Waals surface area contributed by atoms with Crippen LogP contribution < -0.4 is 0 Å². The van der Waals surface area contributed by atoms with Gasteiger partial charge in [-0.05, 0) is 0 Å². The van der Waals surface area contributed by atoms with Crippen molar-refractivity contribution < 1.29 is 94.7 Å². The van der Waals surface area contributed by atoms with Crippen molar-refractivity contribution in [1.82, 2.24) is 0 Å². The number of carbonyl (C=O) groups excluding carboxylic acids is 2. The van der Waals surface area contributed by atoms with Crippen LogP contribution in [0.15, 0.2) is 0 Å². The highest BCUT2D eigenvalue weighted by Gasteiger charge is 2.81. The first-order valence-corrected chi connectivity index (χ1v) is 7.52. The van der Waals surface area contributed by atoms with E-state index in [9.17, 15) is 71.1 Å². The third kappa shape index (κ3) is 4.30. The number of alkyl halides is 14. The van der Waals surface area contributed by atoms with E-state index in [0.29, 0.717) is 0 Å². The minimum atomic E-state index is -6.60. The Balaban J connectivity index is 2.24. The Kier molecular flexibility index (Phi) is 6.41. The summed E-state index contributed by atoms with van der Waals surface area (Å²) in [7, 11) is 0. The molecule has 0 aromatic carbocycles. The van der Waals surface area contributed by atoms with Crippen molar-refractivity contribution in [2.24, 2.45) is 0 Å². The standard InChI is InChI=1S/C12H4F14O7/c13-3-1(30-7(32-3,9(15,16)17)10(18,19)20)5(27)29-6(28)2-4(14)33-8(31-2,11(21,22)23)12(24,25)26/h1-4H. The summed E-state index contributed by atoms with van der Waals surface area (Å²) < 4.78 is 196. The largest absolute Gasteiger partial charge is 0.453 e. The fourth-order valence-electron chi connectivity index (χ4n) is 2.34. The Labute approximate surface area is 169 Å². The Morgan fingerprint density at radius 3 is 0.970 bits per heavy atom. The number of carbonyl (C=O) groups is 2. The minimum Gasteiger partial charge on any atom is -0.389 e. The molecule has 21 heteroatoms. The third-order valence-electron chi connectivity index (χ3n) is 3.78. The predicted octanol–water partition coefficient (Wildman–Crippen LogP) is 3.12. The van der Waals surface area contributed by atoms with Gasteiger partial charge < -0.3 is 14.2 Å². The Bertz CT molecular complexity index is 691. The van der Waals surface area contributed by atoms with E-state index in [0.717, 1.165) is 0 Å².